The number of hydrogen-bond donors (Lipinski definition) is 1. The van der Waals surface area contributed by atoms with Gasteiger partial charge in [-0.2, -0.15) is 5.10 Å². The molecule has 0 saturated heterocycles. The molecule has 1 aromatic carbocycles. The zero-order chi connectivity index (χ0) is 16.1. The van der Waals surface area contributed by atoms with Gasteiger partial charge in [0.15, 0.2) is 0 Å². The average molecular weight is 309 g/mol. The van der Waals surface area contributed by atoms with Crippen LogP contribution in [0.5, 0.6) is 0 Å². The number of para-hydroxylation sites is 1. The molecule has 0 fully saturated rings. The van der Waals surface area contributed by atoms with E-state index in [0.717, 1.165) is 24.3 Å². The number of rotatable bonds is 6. The van der Waals surface area contributed by atoms with E-state index in [2.05, 4.69) is 15.4 Å². The number of amides is 1. The number of carbonyl (C=O) groups excluding carboxylic acids is 1. The van der Waals surface area contributed by atoms with Crippen LogP contribution in [0.4, 0.5) is 0 Å². The van der Waals surface area contributed by atoms with Gasteiger partial charge in [-0.05, 0) is 25.5 Å². The predicted molar refractivity (Wildman–Crippen MR) is 87.5 cm³/mol. The third kappa shape index (κ3) is 3.48. The van der Waals surface area contributed by atoms with Gasteiger partial charge in [-0.25, -0.2) is 9.67 Å². The molecule has 2 aromatic heterocycles. The summed E-state index contributed by atoms with van der Waals surface area (Å²) in [5.41, 5.74) is 2.39. The SMILES string of the molecule is Cc1c(C(=O)NCCCn2ccnc2)cnn1-c1ccccc1. The summed E-state index contributed by atoms with van der Waals surface area (Å²) in [6, 6.07) is 9.79. The number of imidazole rings is 1. The Morgan fingerprint density at radius 3 is 2.83 bits per heavy atom. The minimum absolute atomic E-state index is 0.0877. The maximum absolute atomic E-state index is 12.3. The molecule has 23 heavy (non-hydrogen) atoms. The van der Waals surface area contributed by atoms with Crippen molar-refractivity contribution in [2.45, 2.75) is 19.9 Å². The molecule has 0 aliphatic heterocycles. The predicted octanol–water partition coefficient (Wildman–Crippen LogP) is 2.20. The molecule has 0 unspecified atom stereocenters. The minimum Gasteiger partial charge on any atom is -0.352 e. The highest BCUT2D eigenvalue weighted by Crippen LogP contribution is 2.13. The number of aromatic nitrogens is 4. The van der Waals surface area contributed by atoms with Gasteiger partial charge >= 0.3 is 0 Å². The molecular formula is C17H19N5O. The van der Waals surface area contributed by atoms with Gasteiger partial charge in [-0.15, -0.1) is 0 Å². The van der Waals surface area contributed by atoms with Gasteiger partial charge in [0.1, 0.15) is 0 Å². The molecule has 0 aliphatic carbocycles. The summed E-state index contributed by atoms with van der Waals surface area (Å²) in [4.78, 5) is 16.3. The molecule has 3 rings (SSSR count). The Morgan fingerprint density at radius 1 is 1.26 bits per heavy atom. The second-order valence-corrected chi connectivity index (χ2v) is 5.30. The summed E-state index contributed by atoms with van der Waals surface area (Å²) in [7, 11) is 0. The summed E-state index contributed by atoms with van der Waals surface area (Å²) in [5.74, 6) is -0.0877. The molecule has 0 aliphatic rings. The third-order valence-electron chi connectivity index (χ3n) is 3.69. The molecule has 118 valence electrons. The zero-order valence-corrected chi connectivity index (χ0v) is 13.0. The highest BCUT2D eigenvalue weighted by molar-refractivity contribution is 5.95. The standard InChI is InChI=1S/C17H19N5O/c1-14-16(12-20-22(14)15-6-3-2-4-7-15)17(23)19-8-5-10-21-11-9-18-13-21/h2-4,6-7,9,11-13H,5,8,10H2,1H3,(H,19,23). The first-order chi connectivity index (χ1) is 11.3. The fraction of sp³-hybridized carbons (Fsp3) is 0.235. The molecule has 0 spiro atoms. The summed E-state index contributed by atoms with van der Waals surface area (Å²) >= 11 is 0. The van der Waals surface area contributed by atoms with Crippen molar-refractivity contribution in [2.24, 2.45) is 0 Å². The monoisotopic (exact) mass is 309 g/mol. The van der Waals surface area contributed by atoms with Gasteiger partial charge < -0.3 is 9.88 Å². The number of hydrogen-bond acceptors (Lipinski definition) is 3. The van der Waals surface area contributed by atoms with E-state index in [-0.39, 0.29) is 5.91 Å². The van der Waals surface area contributed by atoms with Gasteiger partial charge in [0.05, 0.1) is 29.5 Å². The van der Waals surface area contributed by atoms with Crippen LogP contribution in [-0.2, 0) is 6.54 Å². The summed E-state index contributed by atoms with van der Waals surface area (Å²) in [6.45, 7) is 3.36. The minimum atomic E-state index is -0.0877. The van der Waals surface area contributed by atoms with E-state index in [1.807, 2.05) is 48.0 Å². The summed E-state index contributed by atoms with van der Waals surface area (Å²) in [6.07, 6.45) is 7.91. The van der Waals surface area contributed by atoms with Crippen LogP contribution in [0.1, 0.15) is 22.5 Å². The number of nitrogens with zero attached hydrogens (tertiary/aromatic N) is 4. The van der Waals surface area contributed by atoms with Crippen LogP contribution in [0.15, 0.2) is 55.2 Å². The average Bonchev–Trinajstić information content (AvgIpc) is 3.22. The molecule has 1 N–H and O–H groups in total. The number of benzene rings is 1. The highest BCUT2D eigenvalue weighted by Gasteiger charge is 2.14. The van der Waals surface area contributed by atoms with Gasteiger partial charge in [-0.1, -0.05) is 18.2 Å². The second kappa shape index (κ2) is 6.91. The second-order valence-electron chi connectivity index (χ2n) is 5.30. The number of nitrogens with one attached hydrogen (secondary N) is 1. The molecule has 1 amide bonds. The lowest BCUT2D eigenvalue weighted by atomic mass is 10.2. The van der Waals surface area contributed by atoms with Crippen molar-refractivity contribution in [3.63, 3.8) is 0 Å². The zero-order valence-electron chi connectivity index (χ0n) is 13.0. The Labute approximate surface area is 134 Å². The van der Waals surface area contributed by atoms with Crippen molar-refractivity contribution in [1.29, 1.82) is 0 Å². The molecule has 0 bridgehead atoms. The van der Waals surface area contributed by atoms with E-state index in [9.17, 15) is 4.79 Å². The van der Waals surface area contributed by atoms with Gasteiger partial charge in [0.25, 0.3) is 5.91 Å². The number of aryl methyl sites for hydroxylation is 1. The van der Waals surface area contributed by atoms with Crippen LogP contribution in [-0.4, -0.2) is 31.8 Å². The van der Waals surface area contributed by atoms with E-state index in [4.69, 9.17) is 0 Å². The fourth-order valence-electron chi connectivity index (χ4n) is 2.44. The Hall–Kier alpha value is -2.89. The molecule has 0 atom stereocenters. The van der Waals surface area contributed by atoms with Crippen LogP contribution in [0.3, 0.4) is 0 Å². The maximum atomic E-state index is 12.3. The van der Waals surface area contributed by atoms with Gasteiger partial charge in [-0.3, -0.25) is 4.79 Å². The van der Waals surface area contributed by atoms with Crippen LogP contribution < -0.4 is 5.32 Å². The van der Waals surface area contributed by atoms with E-state index < -0.39 is 0 Å². The van der Waals surface area contributed by atoms with E-state index in [1.54, 1.807) is 23.4 Å². The first-order valence-electron chi connectivity index (χ1n) is 7.59. The summed E-state index contributed by atoms with van der Waals surface area (Å²) < 4.78 is 3.77. The Balaban J connectivity index is 1.58. The first-order valence-corrected chi connectivity index (χ1v) is 7.59. The topological polar surface area (TPSA) is 64.7 Å². The van der Waals surface area contributed by atoms with E-state index in [0.29, 0.717) is 12.1 Å². The van der Waals surface area contributed by atoms with Crippen molar-refractivity contribution in [3.05, 3.63) is 66.5 Å². The molecule has 6 heteroatoms. The van der Waals surface area contributed by atoms with Crippen LogP contribution in [0, 0.1) is 6.92 Å². The van der Waals surface area contributed by atoms with Crippen LogP contribution >= 0.6 is 0 Å². The molecule has 0 saturated carbocycles. The van der Waals surface area contributed by atoms with Gasteiger partial charge in [0, 0.05) is 25.5 Å². The first kappa shape index (κ1) is 15.0. The lowest BCUT2D eigenvalue weighted by Crippen LogP contribution is -2.25. The highest BCUT2D eigenvalue weighted by atomic mass is 16.1. The molecule has 3 aromatic rings. The normalized spacial score (nSPS) is 10.7. The third-order valence-corrected chi connectivity index (χ3v) is 3.69. The largest absolute Gasteiger partial charge is 0.352 e. The van der Waals surface area contributed by atoms with E-state index >= 15 is 0 Å². The smallest absolute Gasteiger partial charge is 0.254 e. The van der Waals surface area contributed by atoms with Gasteiger partial charge in [0.2, 0.25) is 0 Å². The fourth-order valence-corrected chi connectivity index (χ4v) is 2.44. The van der Waals surface area contributed by atoms with Crippen molar-refractivity contribution in [2.75, 3.05) is 6.54 Å². The molecule has 0 radical (unpaired) electrons. The van der Waals surface area contributed by atoms with Crippen LogP contribution in [0.2, 0.25) is 0 Å². The molecular weight excluding hydrogens is 290 g/mol. The van der Waals surface area contributed by atoms with Crippen LogP contribution in [0.25, 0.3) is 5.69 Å². The maximum Gasteiger partial charge on any atom is 0.254 e. The van der Waals surface area contributed by atoms with Crippen molar-refractivity contribution >= 4 is 5.91 Å². The quantitative estimate of drug-likeness (QED) is 0.710. The molecule has 2 heterocycles. The lowest BCUT2D eigenvalue weighted by Gasteiger charge is -2.07. The van der Waals surface area contributed by atoms with Crippen molar-refractivity contribution in [3.8, 4) is 5.69 Å². The summed E-state index contributed by atoms with van der Waals surface area (Å²) in [5, 5.41) is 7.26. The van der Waals surface area contributed by atoms with Crippen molar-refractivity contribution in [1.82, 2.24) is 24.6 Å². The molecule has 6 nitrogen and oxygen atoms in total. The lowest BCUT2D eigenvalue weighted by molar-refractivity contribution is 0.0952. The van der Waals surface area contributed by atoms with Crippen molar-refractivity contribution < 1.29 is 4.79 Å². The Morgan fingerprint density at radius 2 is 2.09 bits per heavy atom. The Kier molecular flexibility index (Phi) is 4.52. The number of carbonyl (C=O) groups is 1. The van der Waals surface area contributed by atoms with E-state index in [1.165, 1.54) is 0 Å². The Bertz CT molecular complexity index is 762.